The summed E-state index contributed by atoms with van der Waals surface area (Å²) in [5.41, 5.74) is 0.509. The minimum atomic E-state index is -3.70. The maximum Gasteiger partial charge on any atom is 0.241 e. The molecule has 0 fully saturated rings. The van der Waals surface area contributed by atoms with Crippen LogP contribution in [0.5, 0.6) is 0 Å². The second-order valence-corrected chi connectivity index (χ2v) is 5.39. The van der Waals surface area contributed by atoms with E-state index in [-0.39, 0.29) is 10.8 Å². The number of rotatable bonds is 4. The minimum absolute atomic E-state index is 0.0405. The molecule has 0 bridgehead atoms. The third kappa shape index (κ3) is 3.84. The molecule has 0 aliphatic heterocycles. The van der Waals surface area contributed by atoms with E-state index in [4.69, 9.17) is 5.26 Å². The number of amides is 1. The first-order chi connectivity index (χ1) is 8.35. The summed E-state index contributed by atoms with van der Waals surface area (Å²) in [4.78, 5) is 10.8. The van der Waals surface area contributed by atoms with Gasteiger partial charge in [0, 0.05) is 12.6 Å². The molecule has 96 valence electrons. The lowest BCUT2D eigenvalue weighted by atomic mass is 10.3. The van der Waals surface area contributed by atoms with Gasteiger partial charge in [0.05, 0.1) is 11.0 Å². The lowest BCUT2D eigenvalue weighted by Crippen LogP contribution is -2.31. The Bertz CT molecular complexity index is 573. The molecule has 0 aliphatic carbocycles. The van der Waals surface area contributed by atoms with E-state index >= 15 is 0 Å². The standard InChI is InChI=1S/C11H13N3O3S/c1-8(7-12)14-18(16,17)11-5-3-10(4-6-11)13-9(2)15/h3-6,8,14H,1-2H3,(H,13,15). The smallest absolute Gasteiger partial charge is 0.241 e. The fraction of sp³-hybridized carbons (Fsp3) is 0.273. The largest absolute Gasteiger partial charge is 0.326 e. The van der Waals surface area contributed by atoms with Gasteiger partial charge >= 0.3 is 0 Å². The van der Waals surface area contributed by atoms with Gasteiger partial charge in [0.1, 0.15) is 6.04 Å². The first-order valence-corrected chi connectivity index (χ1v) is 6.63. The number of nitriles is 1. The van der Waals surface area contributed by atoms with E-state index in [1.54, 1.807) is 6.07 Å². The van der Waals surface area contributed by atoms with Gasteiger partial charge < -0.3 is 5.32 Å². The van der Waals surface area contributed by atoms with Crippen molar-refractivity contribution in [3.05, 3.63) is 24.3 Å². The maximum atomic E-state index is 11.8. The van der Waals surface area contributed by atoms with Gasteiger partial charge in [-0.25, -0.2) is 8.42 Å². The summed E-state index contributed by atoms with van der Waals surface area (Å²) < 4.78 is 25.8. The average molecular weight is 267 g/mol. The van der Waals surface area contributed by atoms with Gasteiger partial charge in [-0.1, -0.05) is 0 Å². The second-order valence-electron chi connectivity index (χ2n) is 3.68. The number of carbonyl (C=O) groups is 1. The molecule has 1 amide bonds. The molecule has 0 saturated heterocycles. The second kappa shape index (κ2) is 5.62. The summed E-state index contributed by atoms with van der Waals surface area (Å²) in [5, 5.41) is 11.1. The van der Waals surface area contributed by atoms with Crippen molar-refractivity contribution in [2.75, 3.05) is 5.32 Å². The molecule has 1 rings (SSSR count). The van der Waals surface area contributed by atoms with Gasteiger partial charge in [-0.05, 0) is 31.2 Å². The number of nitrogens with one attached hydrogen (secondary N) is 2. The molecule has 0 spiro atoms. The first kappa shape index (κ1) is 14.2. The van der Waals surface area contributed by atoms with E-state index in [0.717, 1.165) is 0 Å². The zero-order chi connectivity index (χ0) is 13.8. The molecular weight excluding hydrogens is 254 g/mol. The SMILES string of the molecule is CC(=O)Nc1ccc(S(=O)(=O)NC(C)C#N)cc1. The molecule has 1 aromatic rings. The van der Waals surface area contributed by atoms with Crippen molar-refractivity contribution < 1.29 is 13.2 Å². The van der Waals surface area contributed by atoms with Gasteiger partial charge in [0.15, 0.2) is 0 Å². The number of carbonyl (C=O) groups excluding carboxylic acids is 1. The van der Waals surface area contributed by atoms with Crippen molar-refractivity contribution >= 4 is 21.6 Å². The van der Waals surface area contributed by atoms with Crippen molar-refractivity contribution in [3.8, 4) is 6.07 Å². The molecular formula is C11H13N3O3S. The van der Waals surface area contributed by atoms with E-state index in [9.17, 15) is 13.2 Å². The van der Waals surface area contributed by atoms with Crippen molar-refractivity contribution in [2.24, 2.45) is 0 Å². The molecule has 0 aliphatic rings. The van der Waals surface area contributed by atoms with Gasteiger partial charge in [0.25, 0.3) is 0 Å². The van der Waals surface area contributed by atoms with Crippen molar-refractivity contribution in [2.45, 2.75) is 24.8 Å². The number of benzene rings is 1. The summed E-state index contributed by atoms with van der Waals surface area (Å²) in [6.07, 6.45) is 0. The van der Waals surface area contributed by atoms with Crippen LogP contribution in [0.1, 0.15) is 13.8 Å². The highest BCUT2D eigenvalue weighted by molar-refractivity contribution is 7.89. The fourth-order valence-corrected chi connectivity index (χ4v) is 2.40. The van der Waals surface area contributed by atoms with E-state index < -0.39 is 16.1 Å². The van der Waals surface area contributed by atoms with E-state index in [2.05, 4.69) is 10.0 Å². The molecule has 6 nitrogen and oxygen atoms in total. The van der Waals surface area contributed by atoms with Crippen LogP contribution in [0, 0.1) is 11.3 Å². The molecule has 0 radical (unpaired) electrons. The lowest BCUT2D eigenvalue weighted by molar-refractivity contribution is -0.114. The van der Waals surface area contributed by atoms with Crippen molar-refractivity contribution in [1.82, 2.24) is 4.72 Å². The lowest BCUT2D eigenvalue weighted by Gasteiger charge is -2.08. The topological polar surface area (TPSA) is 99.1 Å². The molecule has 1 unspecified atom stereocenters. The molecule has 2 N–H and O–H groups in total. The Labute approximate surface area is 106 Å². The van der Waals surface area contributed by atoms with Gasteiger partial charge in [0.2, 0.25) is 15.9 Å². The third-order valence-corrected chi connectivity index (χ3v) is 3.57. The van der Waals surface area contributed by atoms with Gasteiger partial charge in [-0.2, -0.15) is 9.98 Å². The molecule has 1 atom stereocenters. The van der Waals surface area contributed by atoms with E-state index in [1.165, 1.54) is 38.1 Å². The summed E-state index contributed by atoms with van der Waals surface area (Å²) in [5.74, 6) is -0.234. The highest BCUT2D eigenvalue weighted by Crippen LogP contribution is 2.14. The molecule has 0 saturated carbocycles. The van der Waals surface area contributed by atoms with Crippen LogP contribution in [0.25, 0.3) is 0 Å². The Kier molecular flexibility index (Phi) is 4.42. The Morgan fingerprint density at radius 1 is 1.33 bits per heavy atom. The van der Waals surface area contributed by atoms with Crippen LogP contribution in [0.3, 0.4) is 0 Å². The molecule has 18 heavy (non-hydrogen) atoms. The fourth-order valence-electron chi connectivity index (χ4n) is 1.25. The molecule has 1 aromatic carbocycles. The molecule has 7 heteroatoms. The summed E-state index contributed by atoms with van der Waals surface area (Å²) in [7, 11) is -3.70. The summed E-state index contributed by atoms with van der Waals surface area (Å²) >= 11 is 0. The van der Waals surface area contributed by atoms with Crippen LogP contribution >= 0.6 is 0 Å². The van der Waals surface area contributed by atoms with Crippen LogP contribution in [-0.4, -0.2) is 20.4 Å². The number of hydrogen-bond donors (Lipinski definition) is 2. The predicted molar refractivity (Wildman–Crippen MR) is 66.1 cm³/mol. The van der Waals surface area contributed by atoms with Gasteiger partial charge in [-0.15, -0.1) is 0 Å². The highest BCUT2D eigenvalue weighted by atomic mass is 32.2. The van der Waals surface area contributed by atoms with Crippen molar-refractivity contribution in [1.29, 1.82) is 5.26 Å². The number of nitrogens with zero attached hydrogens (tertiary/aromatic N) is 1. The zero-order valence-corrected chi connectivity index (χ0v) is 10.8. The number of anilines is 1. The van der Waals surface area contributed by atoms with Crippen LogP contribution < -0.4 is 10.0 Å². The van der Waals surface area contributed by atoms with E-state index in [0.29, 0.717) is 5.69 Å². The van der Waals surface area contributed by atoms with Gasteiger partial charge in [-0.3, -0.25) is 4.79 Å². The van der Waals surface area contributed by atoms with Crippen LogP contribution in [0.4, 0.5) is 5.69 Å². The monoisotopic (exact) mass is 267 g/mol. The van der Waals surface area contributed by atoms with Crippen LogP contribution in [-0.2, 0) is 14.8 Å². The zero-order valence-electron chi connectivity index (χ0n) is 9.97. The third-order valence-electron chi connectivity index (χ3n) is 2.01. The van der Waals surface area contributed by atoms with E-state index in [1.807, 2.05) is 0 Å². The maximum absolute atomic E-state index is 11.8. The number of hydrogen-bond acceptors (Lipinski definition) is 4. The quantitative estimate of drug-likeness (QED) is 0.844. The highest BCUT2D eigenvalue weighted by Gasteiger charge is 2.16. The molecule has 0 aromatic heterocycles. The Hall–Kier alpha value is -1.91. The van der Waals surface area contributed by atoms with Crippen LogP contribution in [0.15, 0.2) is 29.2 Å². The first-order valence-electron chi connectivity index (χ1n) is 5.15. The number of sulfonamides is 1. The Morgan fingerprint density at radius 2 is 1.89 bits per heavy atom. The summed E-state index contributed by atoms with van der Waals surface area (Å²) in [6.45, 7) is 2.81. The summed E-state index contributed by atoms with van der Waals surface area (Å²) in [6, 6.07) is 6.66. The minimum Gasteiger partial charge on any atom is -0.326 e. The van der Waals surface area contributed by atoms with Crippen molar-refractivity contribution in [3.63, 3.8) is 0 Å². The Balaban J connectivity index is 2.91. The molecule has 0 heterocycles. The predicted octanol–water partition coefficient (Wildman–Crippen LogP) is 0.835. The Morgan fingerprint density at radius 3 is 2.33 bits per heavy atom. The average Bonchev–Trinajstić information content (AvgIpc) is 2.28. The normalized spacial score (nSPS) is 12.5. The van der Waals surface area contributed by atoms with Crippen LogP contribution in [0.2, 0.25) is 0 Å².